The average Bonchev–Trinajstić information content (AvgIpc) is 2.47. The summed E-state index contributed by atoms with van der Waals surface area (Å²) in [4.78, 5) is 10.6. The number of hydrogen-bond donors (Lipinski definition) is 1. The molecule has 0 saturated heterocycles. The number of hydrogen-bond acceptors (Lipinski definition) is 1. The Morgan fingerprint density at radius 2 is 1.33 bits per heavy atom. The molecule has 0 aliphatic carbocycles. The molecule has 0 aliphatic heterocycles. The molecular weight excluding hydrogens is 260 g/mol. The highest BCUT2D eigenvalue weighted by molar-refractivity contribution is 5.85. The average molecular weight is 294 g/mol. The van der Waals surface area contributed by atoms with Crippen molar-refractivity contribution < 1.29 is 9.90 Å². The number of unbranched alkanes of at least 4 members (excludes halogenated alkanes) is 10. The van der Waals surface area contributed by atoms with Gasteiger partial charge in [-0.05, 0) is 38.5 Å². The lowest BCUT2D eigenvalue weighted by Crippen LogP contribution is -1.98. The van der Waals surface area contributed by atoms with Crippen LogP contribution in [-0.4, -0.2) is 11.1 Å². The monoisotopic (exact) mass is 294 g/mol. The highest BCUT2D eigenvalue weighted by Gasteiger charge is 2.02. The SMILES string of the molecule is C=C(CCCCCCCC=CCCCCCCC)C(=O)O. The van der Waals surface area contributed by atoms with Crippen LogP contribution in [0.25, 0.3) is 0 Å². The Balaban J connectivity index is 3.18. The van der Waals surface area contributed by atoms with Crippen LogP contribution in [0.5, 0.6) is 0 Å². The Morgan fingerprint density at radius 3 is 1.86 bits per heavy atom. The first-order chi connectivity index (χ1) is 10.2. The Labute approximate surface area is 131 Å². The fourth-order valence-electron chi connectivity index (χ4n) is 2.34. The summed E-state index contributed by atoms with van der Waals surface area (Å²) < 4.78 is 0. The lowest BCUT2D eigenvalue weighted by atomic mass is 10.1. The molecule has 122 valence electrons. The molecule has 2 heteroatoms. The Morgan fingerprint density at radius 1 is 0.857 bits per heavy atom. The Hall–Kier alpha value is -1.05. The zero-order valence-electron chi connectivity index (χ0n) is 13.9. The maximum Gasteiger partial charge on any atom is 0.330 e. The number of aliphatic carboxylic acids is 1. The molecule has 1 N–H and O–H groups in total. The number of carboxylic acids is 1. The van der Waals surface area contributed by atoms with Gasteiger partial charge >= 0.3 is 5.97 Å². The predicted octanol–water partition coefficient (Wildman–Crippen LogP) is 6.27. The van der Waals surface area contributed by atoms with Crippen LogP contribution in [0.1, 0.15) is 90.4 Å². The fraction of sp³-hybridized carbons (Fsp3) is 0.737. The molecule has 2 nitrogen and oxygen atoms in total. The number of allylic oxidation sites excluding steroid dienone is 2. The van der Waals surface area contributed by atoms with E-state index in [1.54, 1.807) is 0 Å². The van der Waals surface area contributed by atoms with E-state index in [1.807, 2.05) is 0 Å². The zero-order chi connectivity index (χ0) is 15.8. The van der Waals surface area contributed by atoms with Crippen LogP contribution in [0, 0.1) is 0 Å². The summed E-state index contributed by atoms with van der Waals surface area (Å²) in [6.45, 7) is 5.80. The van der Waals surface area contributed by atoms with Gasteiger partial charge in [0.15, 0.2) is 0 Å². The highest BCUT2D eigenvalue weighted by Crippen LogP contribution is 2.11. The van der Waals surface area contributed by atoms with E-state index >= 15 is 0 Å². The maximum atomic E-state index is 10.6. The van der Waals surface area contributed by atoms with Gasteiger partial charge in [-0.2, -0.15) is 0 Å². The molecule has 0 fully saturated rings. The van der Waals surface area contributed by atoms with E-state index in [4.69, 9.17) is 5.11 Å². The van der Waals surface area contributed by atoms with Crippen LogP contribution < -0.4 is 0 Å². The maximum absolute atomic E-state index is 10.6. The fourth-order valence-corrected chi connectivity index (χ4v) is 2.34. The molecule has 0 aromatic heterocycles. The molecule has 0 radical (unpaired) electrons. The van der Waals surface area contributed by atoms with E-state index in [-0.39, 0.29) is 0 Å². The molecule has 0 bridgehead atoms. The van der Waals surface area contributed by atoms with Gasteiger partial charge in [-0.1, -0.05) is 70.6 Å². The minimum atomic E-state index is -0.852. The molecule has 0 atom stereocenters. The van der Waals surface area contributed by atoms with Crippen LogP contribution in [0.15, 0.2) is 24.3 Å². The van der Waals surface area contributed by atoms with Crippen molar-refractivity contribution >= 4 is 5.97 Å². The Bertz CT molecular complexity index is 292. The molecule has 0 aromatic carbocycles. The van der Waals surface area contributed by atoms with Gasteiger partial charge in [0, 0.05) is 5.57 Å². The first kappa shape index (κ1) is 19.9. The molecule has 0 unspecified atom stereocenters. The van der Waals surface area contributed by atoms with Crippen LogP contribution >= 0.6 is 0 Å². The lowest BCUT2D eigenvalue weighted by molar-refractivity contribution is -0.132. The van der Waals surface area contributed by atoms with Crippen molar-refractivity contribution in [3.8, 4) is 0 Å². The molecule has 0 saturated carbocycles. The minimum absolute atomic E-state index is 0.344. The van der Waals surface area contributed by atoms with E-state index in [0.29, 0.717) is 12.0 Å². The summed E-state index contributed by atoms with van der Waals surface area (Å²) in [5.74, 6) is -0.852. The van der Waals surface area contributed by atoms with Gasteiger partial charge in [0.1, 0.15) is 0 Å². The minimum Gasteiger partial charge on any atom is -0.478 e. The van der Waals surface area contributed by atoms with Crippen molar-refractivity contribution in [1.82, 2.24) is 0 Å². The third kappa shape index (κ3) is 15.2. The smallest absolute Gasteiger partial charge is 0.330 e. The normalized spacial score (nSPS) is 11.1. The zero-order valence-corrected chi connectivity index (χ0v) is 13.9. The van der Waals surface area contributed by atoms with Crippen LogP contribution in [0.3, 0.4) is 0 Å². The Kier molecular flexibility index (Phi) is 14.6. The van der Waals surface area contributed by atoms with Crippen molar-refractivity contribution in [1.29, 1.82) is 0 Å². The molecule has 0 spiro atoms. The van der Waals surface area contributed by atoms with Gasteiger partial charge in [-0.25, -0.2) is 4.79 Å². The molecule has 21 heavy (non-hydrogen) atoms. The first-order valence-electron chi connectivity index (χ1n) is 8.74. The predicted molar refractivity (Wildman–Crippen MR) is 91.6 cm³/mol. The summed E-state index contributed by atoms with van der Waals surface area (Å²) in [7, 11) is 0. The summed E-state index contributed by atoms with van der Waals surface area (Å²) >= 11 is 0. The third-order valence-corrected chi connectivity index (χ3v) is 3.79. The van der Waals surface area contributed by atoms with Gasteiger partial charge in [-0.3, -0.25) is 0 Å². The highest BCUT2D eigenvalue weighted by atomic mass is 16.4. The molecule has 0 amide bonds. The largest absolute Gasteiger partial charge is 0.478 e. The van der Waals surface area contributed by atoms with Crippen LogP contribution in [0.4, 0.5) is 0 Å². The van der Waals surface area contributed by atoms with Gasteiger partial charge in [0.2, 0.25) is 0 Å². The van der Waals surface area contributed by atoms with Crippen molar-refractivity contribution in [2.75, 3.05) is 0 Å². The number of rotatable bonds is 15. The van der Waals surface area contributed by atoms with Gasteiger partial charge in [0.25, 0.3) is 0 Å². The molecule has 0 aliphatic rings. The summed E-state index contributed by atoms with van der Waals surface area (Å²) in [6, 6.07) is 0. The van der Waals surface area contributed by atoms with Crippen molar-refractivity contribution in [2.24, 2.45) is 0 Å². The van der Waals surface area contributed by atoms with Crippen molar-refractivity contribution in [3.05, 3.63) is 24.3 Å². The quantitative estimate of drug-likeness (QED) is 0.219. The van der Waals surface area contributed by atoms with E-state index < -0.39 is 5.97 Å². The van der Waals surface area contributed by atoms with E-state index in [9.17, 15) is 4.79 Å². The molecule has 0 rings (SSSR count). The number of carbonyl (C=O) groups is 1. The molecule has 0 heterocycles. The summed E-state index contributed by atoms with van der Waals surface area (Å²) in [6.07, 6.45) is 20.3. The molecule has 0 aromatic rings. The second-order valence-electron chi connectivity index (χ2n) is 5.89. The van der Waals surface area contributed by atoms with E-state index in [2.05, 4.69) is 25.7 Å². The third-order valence-electron chi connectivity index (χ3n) is 3.79. The topological polar surface area (TPSA) is 37.3 Å². The lowest BCUT2D eigenvalue weighted by Gasteiger charge is -2.01. The van der Waals surface area contributed by atoms with Crippen LogP contribution in [0.2, 0.25) is 0 Å². The number of carboxylic acid groups (broad SMARTS) is 1. The second-order valence-corrected chi connectivity index (χ2v) is 5.89. The van der Waals surface area contributed by atoms with Gasteiger partial charge in [-0.15, -0.1) is 0 Å². The van der Waals surface area contributed by atoms with Crippen molar-refractivity contribution in [2.45, 2.75) is 90.4 Å². The van der Waals surface area contributed by atoms with Crippen LogP contribution in [-0.2, 0) is 4.79 Å². The standard InChI is InChI=1S/C19H34O2/c1-3-4-5-6-7-8-9-10-11-12-13-14-15-16-17-18(2)19(20)21/h9-10H,2-8,11-17H2,1H3,(H,20,21). The first-order valence-corrected chi connectivity index (χ1v) is 8.74. The summed E-state index contributed by atoms with van der Waals surface area (Å²) in [5.41, 5.74) is 0.344. The van der Waals surface area contributed by atoms with Gasteiger partial charge in [0.05, 0.1) is 0 Å². The molecular formula is C19H34O2. The van der Waals surface area contributed by atoms with Crippen molar-refractivity contribution in [3.63, 3.8) is 0 Å². The van der Waals surface area contributed by atoms with E-state index in [1.165, 1.54) is 64.2 Å². The second kappa shape index (κ2) is 15.3. The van der Waals surface area contributed by atoms with E-state index in [0.717, 1.165) is 12.8 Å². The summed E-state index contributed by atoms with van der Waals surface area (Å²) in [5, 5.41) is 8.68. The van der Waals surface area contributed by atoms with Gasteiger partial charge < -0.3 is 5.11 Å².